The number of imide groups is 1. The first-order valence-corrected chi connectivity index (χ1v) is 11.7. The van der Waals surface area contributed by atoms with Gasteiger partial charge in [0, 0.05) is 16.6 Å². The minimum absolute atomic E-state index is 0.0536. The van der Waals surface area contributed by atoms with E-state index >= 15 is 0 Å². The molecule has 0 radical (unpaired) electrons. The molecule has 0 saturated carbocycles. The van der Waals surface area contributed by atoms with Crippen molar-refractivity contribution < 1.29 is 23.9 Å². The number of nitrogens with one attached hydrogen (secondary N) is 2. The maximum Gasteiger partial charge on any atom is 0.340 e. The molecule has 0 unspecified atom stereocenters. The molecule has 3 amide bonds. The van der Waals surface area contributed by atoms with Gasteiger partial charge < -0.3 is 10.1 Å². The number of carbonyl (C=O) groups is 4. The average molecular weight is 511 g/mol. The first-order chi connectivity index (χ1) is 16.8. The van der Waals surface area contributed by atoms with Crippen molar-refractivity contribution in [3.05, 3.63) is 81.5 Å². The number of hydrogen-bond donors (Lipinski definition) is 2. The second kappa shape index (κ2) is 10.1. The summed E-state index contributed by atoms with van der Waals surface area (Å²) < 4.78 is 5.04. The molecular weight excluding hydrogens is 492 g/mol. The number of halogens is 1. The maximum absolute atomic E-state index is 13.2. The summed E-state index contributed by atoms with van der Waals surface area (Å²) in [6.45, 7) is 3.61. The number of anilines is 3. The lowest BCUT2D eigenvalue weighted by atomic mass is 10.1. The van der Waals surface area contributed by atoms with Gasteiger partial charge in [-0.05, 0) is 44.2 Å². The fraction of sp³-hybridized carbons (Fsp3) is 0.125. The number of carbonyl (C=O) groups excluding carboxylic acids is 4. The van der Waals surface area contributed by atoms with Crippen LogP contribution in [-0.4, -0.2) is 35.3 Å². The Labute approximate surface area is 209 Å². The topological polar surface area (TPSA) is 118 Å². The summed E-state index contributed by atoms with van der Waals surface area (Å²) in [5.41, 5.74) is 1.40. The van der Waals surface area contributed by atoms with Crippen LogP contribution in [0.2, 0.25) is 0 Å². The Balaban J connectivity index is 1.57. The third kappa shape index (κ3) is 4.93. The number of amides is 3. The van der Waals surface area contributed by atoms with Crippen LogP contribution in [-0.2, 0) is 14.3 Å². The van der Waals surface area contributed by atoms with Gasteiger partial charge in [-0.15, -0.1) is 11.3 Å². The quantitative estimate of drug-likeness (QED) is 0.359. The number of benzene rings is 2. The van der Waals surface area contributed by atoms with Crippen LogP contribution < -0.4 is 15.5 Å². The molecule has 0 bridgehead atoms. The molecule has 1 aliphatic rings. The van der Waals surface area contributed by atoms with Crippen molar-refractivity contribution in [1.29, 1.82) is 0 Å². The number of ether oxygens (including phenoxy) is 1. The lowest BCUT2D eigenvalue weighted by Gasteiger charge is -2.18. The number of esters is 1. The molecule has 1 aliphatic heterocycles. The molecule has 178 valence electrons. The van der Waals surface area contributed by atoms with Crippen LogP contribution in [0.5, 0.6) is 0 Å². The van der Waals surface area contributed by atoms with E-state index in [4.69, 9.17) is 16.3 Å². The lowest BCUT2D eigenvalue weighted by molar-refractivity contribution is -0.120. The molecule has 1 aromatic heterocycles. The van der Waals surface area contributed by atoms with E-state index in [9.17, 15) is 19.2 Å². The second-order valence-electron chi connectivity index (χ2n) is 7.33. The smallest absolute Gasteiger partial charge is 0.340 e. The predicted octanol–water partition coefficient (Wildman–Crippen LogP) is 4.32. The van der Waals surface area contributed by atoms with Gasteiger partial charge in [-0.25, -0.2) is 14.7 Å². The summed E-state index contributed by atoms with van der Waals surface area (Å²) >= 11 is 7.53. The van der Waals surface area contributed by atoms with Crippen molar-refractivity contribution in [2.75, 3.05) is 22.1 Å². The van der Waals surface area contributed by atoms with Crippen molar-refractivity contribution in [2.24, 2.45) is 0 Å². The van der Waals surface area contributed by atoms with Gasteiger partial charge in [-0.3, -0.25) is 19.7 Å². The zero-order chi connectivity index (χ0) is 25.1. The minimum atomic E-state index is -0.788. The van der Waals surface area contributed by atoms with Gasteiger partial charge in [-0.1, -0.05) is 29.8 Å². The predicted molar refractivity (Wildman–Crippen MR) is 133 cm³/mol. The van der Waals surface area contributed by atoms with Crippen LogP contribution in [0.3, 0.4) is 0 Å². The lowest BCUT2D eigenvalue weighted by Crippen LogP contribution is -2.33. The van der Waals surface area contributed by atoms with E-state index < -0.39 is 17.8 Å². The standard InChI is InChI=1S/C24H19ClN4O5S/c1-3-34-23(33)16-9-4-5-10-17(16)29-21(31)18(25)19(22(29)32)27-15-8-6-7-14(11-15)20(30)28-24-26-13(2)12-35-24/h4-12,27H,3H2,1-2H3,(H,26,28,30). The number of thiazole rings is 1. The van der Waals surface area contributed by atoms with Crippen molar-refractivity contribution in [1.82, 2.24) is 4.98 Å². The van der Waals surface area contributed by atoms with Crippen LogP contribution >= 0.6 is 22.9 Å². The SMILES string of the molecule is CCOC(=O)c1ccccc1N1C(=O)C(Cl)=C(Nc2cccc(C(=O)Nc3nc(C)cs3)c2)C1=O. The fourth-order valence-electron chi connectivity index (χ4n) is 3.34. The van der Waals surface area contributed by atoms with Crippen LogP contribution in [0.15, 0.2) is 64.6 Å². The third-order valence-corrected chi connectivity index (χ3v) is 6.13. The van der Waals surface area contributed by atoms with E-state index in [1.165, 1.54) is 29.5 Å². The van der Waals surface area contributed by atoms with Gasteiger partial charge in [0.15, 0.2) is 5.13 Å². The van der Waals surface area contributed by atoms with E-state index in [1.54, 1.807) is 37.3 Å². The normalized spacial score (nSPS) is 13.3. The van der Waals surface area contributed by atoms with Crippen LogP contribution in [0.25, 0.3) is 0 Å². The van der Waals surface area contributed by atoms with E-state index in [2.05, 4.69) is 15.6 Å². The zero-order valence-electron chi connectivity index (χ0n) is 18.6. The summed E-state index contributed by atoms with van der Waals surface area (Å²) in [4.78, 5) is 56.0. The van der Waals surface area contributed by atoms with E-state index in [0.29, 0.717) is 16.4 Å². The summed E-state index contributed by atoms with van der Waals surface area (Å²) in [7, 11) is 0. The number of para-hydroxylation sites is 1. The Hall–Kier alpha value is -4.02. The number of hydrogen-bond acceptors (Lipinski definition) is 8. The highest BCUT2D eigenvalue weighted by molar-refractivity contribution is 7.13. The van der Waals surface area contributed by atoms with Crippen molar-refractivity contribution in [3.63, 3.8) is 0 Å². The van der Waals surface area contributed by atoms with Crippen molar-refractivity contribution >= 4 is 63.1 Å². The van der Waals surface area contributed by atoms with E-state index in [1.807, 2.05) is 12.3 Å². The molecule has 0 saturated heterocycles. The molecule has 0 fully saturated rings. The second-order valence-corrected chi connectivity index (χ2v) is 8.56. The first-order valence-electron chi connectivity index (χ1n) is 10.5. The minimum Gasteiger partial charge on any atom is -0.462 e. The first kappa shape index (κ1) is 24.1. The third-order valence-electron chi connectivity index (χ3n) is 4.90. The molecule has 2 aromatic carbocycles. The van der Waals surface area contributed by atoms with E-state index in [0.717, 1.165) is 10.6 Å². The molecule has 2 heterocycles. The molecule has 0 aliphatic carbocycles. The van der Waals surface area contributed by atoms with Gasteiger partial charge in [0.05, 0.1) is 23.6 Å². The largest absolute Gasteiger partial charge is 0.462 e. The number of rotatable bonds is 7. The van der Waals surface area contributed by atoms with Crippen LogP contribution in [0.1, 0.15) is 33.3 Å². The molecule has 2 N–H and O–H groups in total. The Morgan fingerprint density at radius 2 is 1.89 bits per heavy atom. The molecule has 3 aromatic rings. The highest BCUT2D eigenvalue weighted by atomic mass is 35.5. The van der Waals surface area contributed by atoms with Crippen molar-refractivity contribution in [2.45, 2.75) is 13.8 Å². The van der Waals surface area contributed by atoms with Gasteiger partial charge in [0.2, 0.25) is 0 Å². The summed E-state index contributed by atoms with van der Waals surface area (Å²) in [5, 5.41) is 7.48. The monoisotopic (exact) mass is 510 g/mol. The Bertz CT molecular complexity index is 1380. The van der Waals surface area contributed by atoms with E-state index in [-0.39, 0.29) is 34.5 Å². The van der Waals surface area contributed by atoms with Crippen LogP contribution in [0, 0.1) is 6.92 Å². The van der Waals surface area contributed by atoms with Gasteiger partial charge in [0.25, 0.3) is 17.7 Å². The molecule has 4 rings (SSSR count). The number of aromatic nitrogens is 1. The fourth-order valence-corrected chi connectivity index (χ4v) is 4.24. The van der Waals surface area contributed by atoms with Crippen LogP contribution in [0.4, 0.5) is 16.5 Å². The molecule has 0 spiro atoms. The molecule has 0 atom stereocenters. The molecular formula is C24H19ClN4O5S. The summed E-state index contributed by atoms with van der Waals surface area (Å²) in [6.07, 6.45) is 0. The number of aryl methyl sites for hydroxylation is 1. The zero-order valence-corrected chi connectivity index (χ0v) is 20.2. The summed E-state index contributed by atoms with van der Waals surface area (Å²) in [5.74, 6) is -2.59. The molecule has 35 heavy (non-hydrogen) atoms. The van der Waals surface area contributed by atoms with Gasteiger partial charge >= 0.3 is 5.97 Å². The number of nitrogens with zero attached hydrogens (tertiary/aromatic N) is 2. The van der Waals surface area contributed by atoms with Gasteiger partial charge in [-0.2, -0.15) is 0 Å². The average Bonchev–Trinajstić information content (AvgIpc) is 3.35. The highest BCUT2D eigenvalue weighted by Crippen LogP contribution is 2.32. The highest BCUT2D eigenvalue weighted by Gasteiger charge is 2.40. The Morgan fingerprint density at radius 3 is 2.60 bits per heavy atom. The van der Waals surface area contributed by atoms with Crippen molar-refractivity contribution in [3.8, 4) is 0 Å². The summed E-state index contributed by atoms with van der Waals surface area (Å²) in [6, 6.07) is 12.4. The Morgan fingerprint density at radius 1 is 1.11 bits per heavy atom. The maximum atomic E-state index is 13.2. The molecule has 9 nitrogen and oxygen atoms in total. The Kier molecular flexibility index (Phi) is 6.94. The molecule has 11 heteroatoms. The van der Waals surface area contributed by atoms with Gasteiger partial charge in [0.1, 0.15) is 10.7 Å².